The van der Waals surface area contributed by atoms with E-state index in [1.165, 1.54) is 7.11 Å². The summed E-state index contributed by atoms with van der Waals surface area (Å²) >= 11 is 0. The van der Waals surface area contributed by atoms with Crippen molar-refractivity contribution in [1.29, 1.82) is 0 Å². The molecule has 3 aliphatic rings. The monoisotopic (exact) mass is 296 g/mol. The average Bonchev–Trinajstić information content (AvgIpc) is 3.13. The number of esters is 2. The second-order valence-corrected chi connectivity index (χ2v) is 6.40. The minimum atomic E-state index is -0.909. The summed E-state index contributed by atoms with van der Waals surface area (Å²) in [5, 5.41) is 9.50. The Hall–Kier alpha value is -1.59. The molecule has 0 spiro atoms. The molecular formula is C15H20O6. The molecule has 3 rings (SSSR count). The number of methoxy groups -OCH3 is 1. The van der Waals surface area contributed by atoms with E-state index in [1.54, 1.807) is 0 Å². The smallest absolute Gasteiger partial charge is 0.344 e. The minimum absolute atomic E-state index is 0.0932. The normalized spacial score (nSPS) is 39.9. The predicted molar refractivity (Wildman–Crippen MR) is 70.0 cm³/mol. The Kier molecular flexibility index (Phi) is 3.63. The number of carboxylic acid groups (broad SMARTS) is 1. The van der Waals surface area contributed by atoms with Gasteiger partial charge in [-0.1, -0.05) is 6.42 Å². The van der Waals surface area contributed by atoms with Crippen molar-refractivity contribution in [3.05, 3.63) is 0 Å². The molecule has 6 heteroatoms. The quantitative estimate of drug-likeness (QED) is 0.781. The van der Waals surface area contributed by atoms with Crippen LogP contribution in [0.1, 0.15) is 25.7 Å². The summed E-state index contributed by atoms with van der Waals surface area (Å²) in [4.78, 5) is 34.9. The third-order valence-corrected chi connectivity index (χ3v) is 5.70. The van der Waals surface area contributed by atoms with Crippen LogP contribution in [0.2, 0.25) is 0 Å². The van der Waals surface area contributed by atoms with Crippen molar-refractivity contribution in [2.45, 2.75) is 25.7 Å². The Balaban J connectivity index is 1.75. The van der Waals surface area contributed by atoms with Crippen molar-refractivity contribution in [3.8, 4) is 0 Å². The molecule has 0 aromatic carbocycles. The van der Waals surface area contributed by atoms with Gasteiger partial charge in [0.25, 0.3) is 0 Å². The maximum atomic E-state index is 12.3. The van der Waals surface area contributed by atoms with Crippen LogP contribution >= 0.6 is 0 Å². The van der Waals surface area contributed by atoms with Gasteiger partial charge in [-0.25, -0.2) is 4.79 Å². The molecule has 0 aromatic rings. The molecule has 3 saturated carbocycles. The molecule has 0 saturated heterocycles. The Bertz CT molecular complexity index is 473. The highest BCUT2D eigenvalue weighted by molar-refractivity contribution is 5.84. The van der Waals surface area contributed by atoms with E-state index in [1.807, 2.05) is 0 Å². The van der Waals surface area contributed by atoms with E-state index in [4.69, 9.17) is 4.74 Å². The molecule has 3 aliphatic carbocycles. The summed E-state index contributed by atoms with van der Waals surface area (Å²) in [6.45, 7) is -0.441. The highest BCUT2D eigenvalue weighted by Crippen LogP contribution is 2.63. The Morgan fingerprint density at radius 3 is 2.24 bits per heavy atom. The topological polar surface area (TPSA) is 89.9 Å². The number of hydrogen-bond donors (Lipinski definition) is 1. The number of carbonyl (C=O) groups excluding carboxylic acids is 2. The van der Waals surface area contributed by atoms with Crippen LogP contribution in [0.5, 0.6) is 0 Å². The van der Waals surface area contributed by atoms with E-state index >= 15 is 0 Å². The summed E-state index contributed by atoms with van der Waals surface area (Å²) in [6, 6.07) is 0. The Morgan fingerprint density at radius 1 is 1.05 bits per heavy atom. The lowest BCUT2D eigenvalue weighted by atomic mass is 9.69. The highest BCUT2D eigenvalue weighted by atomic mass is 16.6. The number of carboxylic acids is 1. The summed E-state index contributed by atoms with van der Waals surface area (Å²) in [7, 11) is 1.22. The number of fused-ring (bicyclic) bond motifs is 5. The van der Waals surface area contributed by atoms with Crippen LogP contribution in [-0.2, 0) is 23.9 Å². The molecule has 0 amide bonds. The molecule has 1 N–H and O–H groups in total. The molecule has 2 bridgehead atoms. The summed E-state index contributed by atoms with van der Waals surface area (Å²) < 4.78 is 9.42. The van der Waals surface area contributed by atoms with Gasteiger partial charge in [0.05, 0.1) is 18.9 Å². The average molecular weight is 296 g/mol. The van der Waals surface area contributed by atoms with Crippen LogP contribution in [-0.4, -0.2) is 36.7 Å². The van der Waals surface area contributed by atoms with E-state index in [0.717, 1.165) is 25.7 Å². The Labute approximate surface area is 122 Å². The van der Waals surface area contributed by atoms with Crippen LogP contribution in [0.15, 0.2) is 0 Å². The lowest BCUT2D eigenvalue weighted by Crippen LogP contribution is -2.42. The second-order valence-electron chi connectivity index (χ2n) is 6.40. The van der Waals surface area contributed by atoms with Gasteiger partial charge in [0.1, 0.15) is 0 Å². The van der Waals surface area contributed by atoms with Crippen molar-refractivity contribution in [1.82, 2.24) is 0 Å². The molecule has 0 aromatic heterocycles. The van der Waals surface area contributed by atoms with E-state index < -0.39 is 36.4 Å². The standard InChI is InChI=1S/C15H20O6/c1-20-11(16)6-21-15(19)13-10-5-9(12(13)14(17)18)7-3-2-4-8(7)10/h7-10,12-13H,2-6H2,1H3,(H,17,18). The van der Waals surface area contributed by atoms with Crippen molar-refractivity contribution in [3.63, 3.8) is 0 Å². The van der Waals surface area contributed by atoms with Crippen LogP contribution < -0.4 is 0 Å². The fraction of sp³-hybridized carbons (Fsp3) is 0.800. The molecule has 0 radical (unpaired) electrons. The lowest BCUT2D eigenvalue weighted by molar-refractivity contribution is -0.167. The first kappa shape index (κ1) is 14.4. The van der Waals surface area contributed by atoms with Crippen molar-refractivity contribution in [2.24, 2.45) is 35.5 Å². The molecule has 0 aliphatic heterocycles. The molecule has 0 heterocycles. The molecular weight excluding hydrogens is 276 g/mol. The fourth-order valence-electron chi connectivity index (χ4n) is 5.05. The molecule has 6 unspecified atom stereocenters. The highest BCUT2D eigenvalue weighted by Gasteiger charge is 2.63. The van der Waals surface area contributed by atoms with E-state index in [-0.39, 0.29) is 11.8 Å². The fourth-order valence-corrected chi connectivity index (χ4v) is 5.05. The van der Waals surface area contributed by atoms with Gasteiger partial charge in [-0.2, -0.15) is 0 Å². The second kappa shape index (κ2) is 5.31. The van der Waals surface area contributed by atoms with E-state index in [0.29, 0.717) is 11.8 Å². The van der Waals surface area contributed by atoms with Gasteiger partial charge in [-0.05, 0) is 42.9 Å². The zero-order valence-corrected chi connectivity index (χ0v) is 12.0. The van der Waals surface area contributed by atoms with Gasteiger partial charge in [-0.15, -0.1) is 0 Å². The van der Waals surface area contributed by atoms with E-state index in [2.05, 4.69) is 4.74 Å². The number of ether oxygens (including phenoxy) is 2. The third-order valence-electron chi connectivity index (χ3n) is 5.70. The SMILES string of the molecule is COC(=O)COC(=O)C1C2CC(C3CCCC32)C1C(=O)O. The van der Waals surface area contributed by atoms with Crippen LogP contribution in [0.25, 0.3) is 0 Å². The largest absolute Gasteiger partial charge is 0.481 e. The molecule has 3 fully saturated rings. The van der Waals surface area contributed by atoms with E-state index in [9.17, 15) is 19.5 Å². The third kappa shape index (κ3) is 2.21. The molecule has 6 atom stereocenters. The zero-order chi connectivity index (χ0) is 15.1. The van der Waals surface area contributed by atoms with Crippen LogP contribution in [0.4, 0.5) is 0 Å². The number of rotatable bonds is 4. The van der Waals surface area contributed by atoms with Gasteiger partial charge in [-0.3, -0.25) is 9.59 Å². The predicted octanol–water partition coefficient (Wildman–Crippen LogP) is 1.09. The molecule has 21 heavy (non-hydrogen) atoms. The first-order valence-corrected chi connectivity index (χ1v) is 7.51. The van der Waals surface area contributed by atoms with Crippen molar-refractivity contribution < 1.29 is 29.0 Å². The number of carbonyl (C=O) groups is 3. The van der Waals surface area contributed by atoms with Gasteiger partial charge in [0, 0.05) is 0 Å². The molecule has 6 nitrogen and oxygen atoms in total. The van der Waals surface area contributed by atoms with Crippen molar-refractivity contribution >= 4 is 17.9 Å². The van der Waals surface area contributed by atoms with Gasteiger partial charge in [0.2, 0.25) is 0 Å². The van der Waals surface area contributed by atoms with Crippen LogP contribution in [0, 0.1) is 35.5 Å². The minimum Gasteiger partial charge on any atom is -0.481 e. The van der Waals surface area contributed by atoms with Crippen LogP contribution in [0.3, 0.4) is 0 Å². The summed E-state index contributed by atoms with van der Waals surface area (Å²) in [5.74, 6) is -2.22. The number of hydrogen-bond acceptors (Lipinski definition) is 5. The first-order chi connectivity index (χ1) is 10.0. The maximum Gasteiger partial charge on any atom is 0.344 e. The number of aliphatic carboxylic acids is 1. The van der Waals surface area contributed by atoms with Gasteiger partial charge in [0.15, 0.2) is 6.61 Å². The van der Waals surface area contributed by atoms with Gasteiger partial charge >= 0.3 is 17.9 Å². The van der Waals surface area contributed by atoms with Crippen molar-refractivity contribution in [2.75, 3.05) is 13.7 Å². The van der Waals surface area contributed by atoms with Gasteiger partial charge < -0.3 is 14.6 Å². The molecule has 116 valence electrons. The summed E-state index contributed by atoms with van der Waals surface area (Å²) in [5.41, 5.74) is 0. The summed E-state index contributed by atoms with van der Waals surface area (Å²) in [6.07, 6.45) is 4.10. The Morgan fingerprint density at radius 2 is 1.67 bits per heavy atom. The maximum absolute atomic E-state index is 12.3. The lowest BCUT2D eigenvalue weighted by Gasteiger charge is -2.34. The zero-order valence-electron chi connectivity index (χ0n) is 12.0. The first-order valence-electron chi connectivity index (χ1n) is 7.51.